The molecule has 1 rings (SSSR count). The molecule has 7 nitrogen and oxygen atoms in total. The molecule has 0 radical (unpaired) electrons. The van der Waals surface area contributed by atoms with Crippen molar-refractivity contribution in [2.24, 2.45) is 4.99 Å². The first kappa shape index (κ1) is 22.9. The minimum atomic E-state index is -3.11. The largest absolute Gasteiger partial charge is 0.357 e. The molecule has 1 saturated heterocycles. The van der Waals surface area contributed by atoms with Gasteiger partial charge in [-0.2, -0.15) is 0 Å². The molecule has 1 aliphatic rings. The van der Waals surface area contributed by atoms with Crippen molar-refractivity contribution in [1.29, 1.82) is 0 Å². The minimum absolute atomic E-state index is 0. The van der Waals surface area contributed by atoms with E-state index in [4.69, 9.17) is 0 Å². The Morgan fingerprint density at radius 2 is 1.91 bits per heavy atom. The number of hydrogen-bond acceptors (Lipinski definition) is 5. The van der Waals surface area contributed by atoms with Crippen molar-refractivity contribution in [2.75, 3.05) is 43.4 Å². The van der Waals surface area contributed by atoms with Crippen LogP contribution >= 0.6 is 24.0 Å². The molecule has 23 heavy (non-hydrogen) atoms. The molecular formula is C13H28IN3O4S2. The number of nitrogens with one attached hydrogen (secondary N) is 1. The third-order valence-electron chi connectivity index (χ3n) is 3.78. The molecule has 0 aliphatic carbocycles. The lowest BCUT2D eigenvalue weighted by atomic mass is 10.2. The number of hydrogen-bond donors (Lipinski definition) is 1. The zero-order chi connectivity index (χ0) is 17.0. The lowest BCUT2D eigenvalue weighted by Crippen LogP contribution is -2.57. The maximum Gasteiger partial charge on any atom is 0.194 e. The van der Waals surface area contributed by atoms with Crippen molar-refractivity contribution >= 4 is 49.6 Å². The summed E-state index contributed by atoms with van der Waals surface area (Å²) in [5.41, 5.74) is 0. The van der Waals surface area contributed by atoms with E-state index in [1.165, 1.54) is 0 Å². The standard InChI is InChI=1S/C13H27N3O4S2.HI/c1-5-14-12(15-7-9-21(17,18)6-2)16-8-10-22(19,20)13(3,4)11-16;/h5-11H2,1-4H3,(H,14,15);1H. The molecule has 1 N–H and O–H groups in total. The van der Waals surface area contributed by atoms with Crippen LogP contribution in [0.2, 0.25) is 0 Å². The number of aliphatic imine (C=N–C) groups is 1. The second-order valence-corrected chi connectivity index (χ2v) is 11.2. The van der Waals surface area contributed by atoms with E-state index in [1.54, 1.807) is 20.8 Å². The second-order valence-electron chi connectivity index (χ2n) is 5.97. The molecule has 0 aromatic carbocycles. The second kappa shape index (κ2) is 8.84. The summed E-state index contributed by atoms with van der Waals surface area (Å²) in [5.74, 6) is 0.774. The Bertz CT molecular complexity index is 615. The van der Waals surface area contributed by atoms with E-state index in [0.717, 1.165) is 0 Å². The Balaban J connectivity index is 0.00000484. The van der Waals surface area contributed by atoms with Gasteiger partial charge in [0.25, 0.3) is 0 Å². The van der Waals surface area contributed by atoms with E-state index in [9.17, 15) is 16.8 Å². The molecule has 138 valence electrons. The highest BCUT2D eigenvalue weighted by atomic mass is 127. The molecule has 10 heteroatoms. The van der Waals surface area contributed by atoms with Crippen molar-refractivity contribution in [1.82, 2.24) is 10.2 Å². The fraction of sp³-hybridized carbons (Fsp3) is 0.923. The number of nitrogens with zero attached hydrogens (tertiary/aromatic N) is 2. The first-order valence-electron chi connectivity index (χ1n) is 7.50. The maximum atomic E-state index is 12.0. The van der Waals surface area contributed by atoms with Crippen LogP contribution in [-0.2, 0) is 19.7 Å². The van der Waals surface area contributed by atoms with E-state index in [2.05, 4.69) is 10.3 Å². The van der Waals surface area contributed by atoms with Gasteiger partial charge in [0.05, 0.1) is 22.8 Å². The fourth-order valence-electron chi connectivity index (χ4n) is 2.19. The van der Waals surface area contributed by atoms with E-state index in [0.29, 0.717) is 25.6 Å². The minimum Gasteiger partial charge on any atom is -0.357 e. The number of rotatable bonds is 5. The lowest BCUT2D eigenvalue weighted by molar-refractivity contribution is 0.353. The van der Waals surface area contributed by atoms with E-state index in [-0.39, 0.29) is 47.8 Å². The summed E-state index contributed by atoms with van der Waals surface area (Å²) in [7, 11) is -6.16. The van der Waals surface area contributed by atoms with Crippen LogP contribution < -0.4 is 5.32 Å². The molecule has 0 saturated carbocycles. The summed E-state index contributed by atoms with van der Waals surface area (Å²) >= 11 is 0. The summed E-state index contributed by atoms with van der Waals surface area (Å²) in [4.78, 5) is 6.23. The third kappa shape index (κ3) is 6.37. The Morgan fingerprint density at radius 1 is 1.30 bits per heavy atom. The van der Waals surface area contributed by atoms with Gasteiger partial charge in [0.2, 0.25) is 0 Å². The Hall–Kier alpha value is -0.100. The average Bonchev–Trinajstić information content (AvgIpc) is 2.41. The Kier molecular flexibility index (Phi) is 8.80. The van der Waals surface area contributed by atoms with Gasteiger partial charge in [-0.05, 0) is 20.8 Å². The van der Waals surface area contributed by atoms with Crippen LogP contribution in [0.5, 0.6) is 0 Å². The first-order valence-corrected chi connectivity index (χ1v) is 11.0. The topological polar surface area (TPSA) is 95.9 Å². The Morgan fingerprint density at radius 3 is 2.39 bits per heavy atom. The smallest absolute Gasteiger partial charge is 0.194 e. The molecule has 0 spiro atoms. The normalized spacial score (nSPS) is 20.7. The van der Waals surface area contributed by atoms with Crippen LogP contribution in [0.15, 0.2) is 4.99 Å². The lowest BCUT2D eigenvalue weighted by Gasteiger charge is -2.39. The van der Waals surface area contributed by atoms with Gasteiger partial charge in [0.15, 0.2) is 25.6 Å². The van der Waals surface area contributed by atoms with Crippen LogP contribution in [0.4, 0.5) is 0 Å². The van der Waals surface area contributed by atoms with Gasteiger partial charge in [0.1, 0.15) is 0 Å². The van der Waals surface area contributed by atoms with Gasteiger partial charge < -0.3 is 10.2 Å². The van der Waals surface area contributed by atoms with Crippen molar-refractivity contribution in [3.8, 4) is 0 Å². The van der Waals surface area contributed by atoms with Gasteiger partial charge in [-0.3, -0.25) is 4.99 Å². The Labute approximate surface area is 157 Å². The zero-order valence-electron chi connectivity index (χ0n) is 14.2. The molecule has 1 aliphatic heterocycles. The van der Waals surface area contributed by atoms with Crippen molar-refractivity contribution in [3.63, 3.8) is 0 Å². The van der Waals surface area contributed by atoms with Gasteiger partial charge in [-0.1, -0.05) is 6.92 Å². The molecule has 0 atom stereocenters. The predicted molar refractivity (Wildman–Crippen MR) is 105 cm³/mol. The van der Waals surface area contributed by atoms with Crippen molar-refractivity contribution < 1.29 is 16.8 Å². The molecule has 0 bridgehead atoms. The van der Waals surface area contributed by atoms with Crippen LogP contribution in [0.3, 0.4) is 0 Å². The molecule has 0 amide bonds. The number of guanidine groups is 1. The summed E-state index contributed by atoms with van der Waals surface area (Å²) in [6.45, 7) is 8.50. The van der Waals surface area contributed by atoms with Crippen LogP contribution in [0, 0.1) is 0 Å². The molecular weight excluding hydrogens is 453 g/mol. The quantitative estimate of drug-likeness (QED) is 0.350. The predicted octanol–water partition coefficient (Wildman–Crippen LogP) is 0.514. The van der Waals surface area contributed by atoms with Gasteiger partial charge in [-0.25, -0.2) is 16.8 Å². The number of sulfone groups is 2. The molecule has 0 aromatic rings. The molecule has 0 aromatic heterocycles. The summed E-state index contributed by atoms with van der Waals surface area (Å²) in [5, 5.41) is 3.11. The van der Waals surface area contributed by atoms with Gasteiger partial charge >= 0.3 is 0 Å². The molecule has 1 fully saturated rings. The monoisotopic (exact) mass is 481 g/mol. The molecule has 1 heterocycles. The van der Waals surface area contributed by atoms with Crippen LogP contribution in [0.25, 0.3) is 0 Å². The van der Waals surface area contributed by atoms with Crippen LogP contribution in [-0.4, -0.2) is 75.9 Å². The summed E-state index contributed by atoms with van der Waals surface area (Å²) in [6.07, 6.45) is 0. The van der Waals surface area contributed by atoms with E-state index < -0.39 is 24.4 Å². The number of halogens is 1. The SMILES string of the molecule is CCNC(=NCCS(=O)(=O)CC)N1CCS(=O)(=O)C(C)(C)C1.I. The summed E-state index contributed by atoms with van der Waals surface area (Å²) < 4.78 is 46.3. The van der Waals surface area contributed by atoms with Crippen molar-refractivity contribution in [2.45, 2.75) is 32.4 Å². The van der Waals surface area contributed by atoms with E-state index in [1.807, 2.05) is 11.8 Å². The summed E-state index contributed by atoms with van der Waals surface area (Å²) in [6, 6.07) is 0. The van der Waals surface area contributed by atoms with Crippen molar-refractivity contribution in [3.05, 3.63) is 0 Å². The highest BCUT2D eigenvalue weighted by Gasteiger charge is 2.40. The maximum absolute atomic E-state index is 12.0. The van der Waals surface area contributed by atoms with Gasteiger partial charge in [0, 0.05) is 25.4 Å². The van der Waals surface area contributed by atoms with Gasteiger partial charge in [-0.15, -0.1) is 24.0 Å². The highest BCUT2D eigenvalue weighted by Crippen LogP contribution is 2.23. The third-order valence-corrected chi connectivity index (χ3v) is 8.00. The van der Waals surface area contributed by atoms with E-state index >= 15 is 0 Å². The average molecular weight is 481 g/mol. The molecule has 0 unspecified atom stereocenters. The fourth-order valence-corrected chi connectivity index (χ4v) is 4.21. The van der Waals surface area contributed by atoms with Crippen LogP contribution in [0.1, 0.15) is 27.7 Å². The first-order chi connectivity index (χ1) is 10.0. The zero-order valence-corrected chi connectivity index (χ0v) is 18.2. The highest BCUT2D eigenvalue weighted by molar-refractivity contribution is 14.0.